The third kappa shape index (κ3) is 4.09. The lowest BCUT2D eigenvalue weighted by molar-refractivity contribution is -0.0350. The predicted octanol–water partition coefficient (Wildman–Crippen LogP) is 0.669. The van der Waals surface area contributed by atoms with Crippen LogP contribution in [0.2, 0.25) is 0 Å². The van der Waals surface area contributed by atoms with Gasteiger partial charge in [0, 0.05) is 29.7 Å². The number of carbonyl (C=O) groups is 1. The normalized spacial score (nSPS) is 24.0. The third-order valence-corrected chi connectivity index (χ3v) is 4.26. The lowest BCUT2D eigenvalue weighted by Gasteiger charge is -2.18. The highest BCUT2D eigenvalue weighted by atomic mass is 16.6. The van der Waals surface area contributed by atoms with Gasteiger partial charge in [0.05, 0.1) is 6.10 Å². The Morgan fingerprint density at radius 3 is 2.86 bits per heavy atom. The molecule has 3 N–H and O–H groups in total. The smallest absolute Gasteiger partial charge is 0.413 e. The molecule has 2 aromatic rings. The van der Waals surface area contributed by atoms with E-state index in [-0.39, 0.29) is 12.4 Å². The number of carbonyl (C=O) groups excluding carboxylic acids is 1. The van der Waals surface area contributed by atoms with Gasteiger partial charge in [-0.1, -0.05) is 18.7 Å². The van der Waals surface area contributed by atoms with Gasteiger partial charge >= 0.3 is 11.8 Å². The number of aliphatic hydroxyl groups excluding tert-OH is 2. The van der Waals surface area contributed by atoms with Crippen LogP contribution in [0.15, 0.2) is 42.1 Å². The van der Waals surface area contributed by atoms with Crippen LogP contribution in [0.4, 0.5) is 10.6 Å². The Kier molecular flexibility index (Phi) is 5.83. The molecule has 0 saturated carbocycles. The summed E-state index contributed by atoms with van der Waals surface area (Å²) in [4.78, 5) is 32.1. The van der Waals surface area contributed by atoms with E-state index in [0.717, 1.165) is 4.57 Å². The van der Waals surface area contributed by atoms with Crippen molar-refractivity contribution in [3.05, 3.63) is 58.9 Å². The predicted molar refractivity (Wildman–Crippen MR) is 98.2 cm³/mol. The second-order valence-electron chi connectivity index (χ2n) is 6.21. The van der Waals surface area contributed by atoms with E-state index < -0.39 is 36.3 Å². The number of hydrogen-bond donors (Lipinski definition) is 3. The monoisotopic (exact) mass is 388 g/mol. The Bertz CT molecular complexity index is 916. The second-order valence-corrected chi connectivity index (χ2v) is 6.21. The van der Waals surface area contributed by atoms with Crippen LogP contribution in [0.5, 0.6) is 0 Å². The van der Waals surface area contributed by atoms with E-state index in [0.29, 0.717) is 11.1 Å². The van der Waals surface area contributed by atoms with E-state index in [9.17, 15) is 19.8 Å². The lowest BCUT2D eigenvalue weighted by atomic mass is 10.1. The first-order valence-electron chi connectivity index (χ1n) is 8.50. The number of nitrogens with zero attached hydrogens (tertiary/aromatic N) is 3. The highest BCUT2D eigenvalue weighted by Gasteiger charge is 2.42. The molecule has 10 nitrogen and oxygen atoms in total. The minimum atomic E-state index is -1.30. The summed E-state index contributed by atoms with van der Waals surface area (Å²) in [6.45, 7) is 5.21. The maximum atomic E-state index is 12.4. The number of ether oxygens (including phenoxy) is 2. The van der Waals surface area contributed by atoms with Crippen LogP contribution in [0.25, 0.3) is 6.08 Å². The zero-order valence-electron chi connectivity index (χ0n) is 15.1. The van der Waals surface area contributed by atoms with E-state index in [2.05, 4.69) is 21.9 Å². The summed E-state index contributed by atoms with van der Waals surface area (Å²) >= 11 is 0. The lowest BCUT2D eigenvalue weighted by Crippen LogP contribution is -2.36. The Morgan fingerprint density at radius 1 is 1.46 bits per heavy atom. The molecule has 4 atom stereocenters. The summed E-state index contributed by atoms with van der Waals surface area (Å²) in [5.74, 6) is -0.0477. The van der Waals surface area contributed by atoms with Gasteiger partial charge in [-0.2, -0.15) is 4.98 Å². The van der Waals surface area contributed by atoms with Crippen LogP contribution in [0, 0.1) is 0 Å². The van der Waals surface area contributed by atoms with Crippen LogP contribution >= 0.6 is 0 Å². The van der Waals surface area contributed by atoms with E-state index in [4.69, 9.17) is 9.47 Å². The maximum absolute atomic E-state index is 12.4. The molecular weight excluding hydrogens is 368 g/mol. The Hall–Kier alpha value is -3.08. The number of amides is 1. The molecule has 1 amide bonds. The molecule has 3 heterocycles. The first kappa shape index (κ1) is 19.7. The molecule has 0 aliphatic carbocycles. The third-order valence-electron chi connectivity index (χ3n) is 4.26. The SMILES string of the molecule is C=Cc1cn([C@@H]2O[C@H](C)C(O)C2O)c(=O)nc1NC(=O)OCc1cccnc1. The quantitative estimate of drug-likeness (QED) is 0.680. The molecule has 0 bridgehead atoms. The van der Waals surface area contributed by atoms with Crippen molar-refractivity contribution >= 4 is 18.0 Å². The van der Waals surface area contributed by atoms with Gasteiger partial charge in [0.1, 0.15) is 24.6 Å². The van der Waals surface area contributed by atoms with Crippen molar-refractivity contribution in [2.75, 3.05) is 5.32 Å². The molecule has 1 aliphatic heterocycles. The minimum absolute atomic E-state index is 0.00194. The summed E-state index contributed by atoms with van der Waals surface area (Å²) in [5.41, 5.74) is 0.228. The van der Waals surface area contributed by atoms with Crippen molar-refractivity contribution in [2.45, 2.75) is 38.1 Å². The fraction of sp³-hybridized carbons (Fsp3) is 0.333. The second kappa shape index (κ2) is 8.30. The number of hydrogen-bond acceptors (Lipinski definition) is 8. The maximum Gasteiger partial charge on any atom is 0.413 e. The first-order valence-corrected chi connectivity index (χ1v) is 8.50. The fourth-order valence-electron chi connectivity index (χ4n) is 2.74. The number of nitrogens with one attached hydrogen (secondary N) is 1. The molecule has 3 rings (SSSR count). The van der Waals surface area contributed by atoms with Gasteiger partial charge in [-0.3, -0.25) is 14.9 Å². The van der Waals surface area contributed by atoms with Crippen molar-refractivity contribution in [1.82, 2.24) is 14.5 Å². The van der Waals surface area contributed by atoms with E-state index in [1.807, 2.05) is 0 Å². The highest BCUT2D eigenvalue weighted by molar-refractivity contribution is 5.85. The average Bonchev–Trinajstić information content (AvgIpc) is 2.94. The molecule has 0 radical (unpaired) electrons. The number of pyridine rings is 1. The van der Waals surface area contributed by atoms with Crippen LogP contribution in [0.1, 0.15) is 24.3 Å². The van der Waals surface area contributed by atoms with E-state index in [1.165, 1.54) is 12.3 Å². The van der Waals surface area contributed by atoms with Crippen molar-refractivity contribution in [3.8, 4) is 0 Å². The summed E-state index contributed by atoms with van der Waals surface area (Å²) in [6.07, 6.45) is 0.874. The molecule has 10 heteroatoms. The fourth-order valence-corrected chi connectivity index (χ4v) is 2.74. The molecule has 2 unspecified atom stereocenters. The van der Waals surface area contributed by atoms with Gasteiger partial charge in [-0.15, -0.1) is 0 Å². The molecule has 1 fully saturated rings. The molecule has 1 saturated heterocycles. The van der Waals surface area contributed by atoms with Gasteiger partial charge in [-0.05, 0) is 13.0 Å². The number of rotatable bonds is 5. The van der Waals surface area contributed by atoms with Gasteiger partial charge < -0.3 is 19.7 Å². The Morgan fingerprint density at radius 2 is 2.25 bits per heavy atom. The van der Waals surface area contributed by atoms with Crippen LogP contribution in [-0.4, -0.2) is 49.2 Å². The minimum Gasteiger partial charge on any atom is -0.444 e. The molecule has 2 aromatic heterocycles. The van der Waals surface area contributed by atoms with E-state index in [1.54, 1.807) is 31.5 Å². The molecule has 0 aromatic carbocycles. The Labute approximate surface area is 160 Å². The van der Waals surface area contributed by atoms with Gasteiger partial charge in [0.25, 0.3) is 0 Å². The topological polar surface area (TPSA) is 136 Å². The van der Waals surface area contributed by atoms with Gasteiger partial charge in [0.2, 0.25) is 0 Å². The average molecular weight is 388 g/mol. The van der Waals surface area contributed by atoms with Crippen molar-refractivity contribution in [1.29, 1.82) is 0 Å². The van der Waals surface area contributed by atoms with Crippen LogP contribution < -0.4 is 11.0 Å². The summed E-state index contributed by atoms with van der Waals surface area (Å²) in [5, 5.41) is 22.3. The van der Waals surface area contributed by atoms with Crippen molar-refractivity contribution in [2.24, 2.45) is 0 Å². The number of anilines is 1. The zero-order valence-corrected chi connectivity index (χ0v) is 15.1. The Balaban J connectivity index is 1.75. The summed E-state index contributed by atoms with van der Waals surface area (Å²) in [7, 11) is 0. The van der Waals surface area contributed by atoms with Crippen molar-refractivity contribution < 1.29 is 24.5 Å². The molecule has 1 aliphatic rings. The van der Waals surface area contributed by atoms with Crippen LogP contribution in [-0.2, 0) is 16.1 Å². The standard InChI is InChI=1S/C18H20N4O6/c1-3-12-8-22(16-14(24)13(23)10(2)28-16)17(25)20-15(12)21-18(26)27-9-11-5-4-6-19-7-11/h3-8,10,13-14,16,23-24H,1,9H2,2H3,(H,20,21,25,26)/t10-,13?,14?,16-/m1/s1. The van der Waals surface area contributed by atoms with E-state index >= 15 is 0 Å². The molecule has 28 heavy (non-hydrogen) atoms. The summed E-state index contributed by atoms with van der Waals surface area (Å²) in [6, 6.07) is 3.46. The molecule has 148 valence electrons. The van der Waals surface area contributed by atoms with Crippen LogP contribution in [0.3, 0.4) is 0 Å². The highest BCUT2D eigenvalue weighted by Crippen LogP contribution is 2.28. The molecular formula is C18H20N4O6. The number of aliphatic hydroxyl groups is 2. The molecule has 0 spiro atoms. The van der Waals surface area contributed by atoms with Gasteiger partial charge in [-0.25, -0.2) is 9.59 Å². The zero-order chi connectivity index (χ0) is 20.3. The summed E-state index contributed by atoms with van der Waals surface area (Å²) < 4.78 is 11.5. The number of aromatic nitrogens is 3. The first-order chi connectivity index (χ1) is 13.4. The van der Waals surface area contributed by atoms with Crippen molar-refractivity contribution in [3.63, 3.8) is 0 Å². The largest absolute Gasteiger partial charge is 0.444 e. The van der Waals surface area contributed by atoms with Gasteiger partial charge in [0.15, 0.2) is 6.23 Å².